The molecule has 1 nitrogen and oxygen atoms in total. The highest BCUT2D eigenvalue weighted by Crippen LogP contribution is 2.40. The number of piperidine rings is 1. The SMILES string of the molecule is Fc1ccc(C(=C2CC2)N2CCCCC2)c(F)c1. The highest BCUT2D eigenvalue weighted by Gasteiger charge is 2.26. The van der Waals surface area contributed by atoms with Crippen LogP contribution in [-0.4, -0.2) is 18.0 Å². The number of likely N-dealkylation sites (tertiary alicyclic amines) is 1. The molecule has 0 spiro atoms. The zero-order chi connectivity index (χ0) is 12.5. The molecule has 0 unspecified atom stereocenters. The molecule has 3 rings (SSSR count). The fourth-order valence-corrected chi connectivity index (χ4v) is 2.68. The Balaban J connectivity index is 1.97. The summed E-state index contributed by atoms with van der Waals surface area (Å²) in [5.41, 5.74) is 2.93. The number of rotatable bonds is 2. The van der Waals surface area contributed by atoms with Crippen LogP contribution in [0, 0.1) is 11.6 Å². The molecule has 1 heterocycles. The second-order valence-corrected chi connectivity index (χ2v) is 5.12. The Hall–Kier alpha value is -1.38. The van der Waals surface area contributed by atoms with Gasteiger partial charge in [0.15, 0.2) is 0 Å². The van der Waals surface area contributed by atoms with Crippen molar-refractivity contribution in [1.29, 1.82) is 0 Å². The lowest BCUT2D eigenvalue weighted by Gasteiger charge is -2.31. The molecule has 0 N–H and O–H groups in total. The van der Waals surface area contributed by atoms with Crippen LogP contribution in [0.15, 0.2) is 23.8 Å². The van der Waals surface area contributed by atoms with Crippen LogP contribution >= 0.6 is 0 Å². The molecule has 1 aliphatic carbocycles. The highest BCUT2D eigenvalue weighted by molar-refractivity contribution is 5.70. The molecule has 1 aromatic rings. The van der Waals surface area contributed by atoms with Gasteiger partial charge in [0.1, 0.15) is 11.6 Å². The van der Waals surface area contributed by atoms with Crippen LogP contribution in [0.2, 0.25) is 0 Å². The van der Waals surface area contributed by atoms with Gasteiger partial charge in [-0.3, -0.25) is 0 Å². The summed E-state index contributed by atoms with van der Waals surface area (Å²) in [7, 11) is 0. The maximum Gasteiger partial charge on any atom is 0.135 e. The van der Waals surface area contributed by atoms with E-state index in [1.54, 1.807) is 6.07 Å². The van der Waals surface area contributed by atoms with E-state index in [0.29, 0.717) is 5.56 Å². The van der Waals surface area contributed by atoms with Gasteiger partial charge in [0.05, 0.1) is 0 Å². The van der Waals surface area contributed by atoms with E-state index in [9.17, 15) is 8.78 Å². The van der Waals surface area contributed by atoms with Crippen molar-refractivity contribution in [2.45, 2.75) is 32.1 Å². The molecule has 18 heavy (non-hydrogen) atoms. The van der Waals surface area contributed by atoms with Crippen LogP contribution in [0.4, 0.5) is 8.78 Å². The number of hydrogen-bond acceptors (Lipinski definition) is 1. The van der Waals surface area contributed by atoms with Crippen LogP contribution in [0.25, 0.3) is 5.70 Å². The van der Waals surface area contributed by atoms with Gasteiger partial charge in [-0.1, -0.05) is 0 Å². The van der Waals surface area contributed by atoms with Crippen molar-refractivity contribution < 1.29 is 8.78 Å². The number of nitrogens with zero attached hydrogens (tertiary/aromatic N) is 1. The van der Waals surface area contributed by atoms with Gasteiger partial charge in [-0.2, -0.15) is 0 Å². The molecule has 0 bridgehead atoms. The fraction of sp³-hybridized carbons (Fsp3) is 0.467. The van der Waals surface area contributed by atoms with Crippen LogP contribution in [0.3, 0.4) is 0 Å². The average Bonchev–Trinajstić information content (AvgIpc) is 3.18. The molecule has 0 atom stereocenters. The Labute approximate surface area is 106 Å². The van der Waals surface area contributed by atoms with Gasteiger partial charge < -0.3 is 4.90 Å². The van der Waals surface area contributed by atoms with Crippen LogP contribution < -0.4 is 0 Å². The van der Waals surface area contributed by atoms with E-state index in [1.807, 2.05) is 0 Å². The number of allylic oxidation sites excluding steroid dienone is 1. The monoisotopic (exact) mass is 249 g/mol. The molecular formula is C15H17F2N. The van der Waals surface area contributed by atoms with Crippen molar-refractivity contribution in [1.82, 2.24) is 4.90 Å². The smallest absolute Gasteiger partial charge is 0.135 e. The standard InChI is InChI=1S/C15H17F2N/c16-12-6-7-13(14(17)10-12)15(11-4-5-11)18-8-2-1-3-9-18/h6-7,10H,1-5,8-9H2. The first kappa shape index (κ1) is 11.7. The Bertz CT molecular complexity index is 481. The lowest BCUT2D eigenvalue weighted by molar-refractivity contribution is 0.324. The molecule has 1 aromatic carbocycles. The fourth-order valence-electron chi connectivity index (χ4n) is 2.68. The van der Waals surface area contributed by atoms with Crippen molar-refractivity contribution in [2.75, 3.05) is 13.1 Å². The van der Waals surface area contributed by atoms with E-state index >= 15 is 0 Å². The summed E-state index contributed by atoms with van der Waals surface area (Å²) in [6.45, 7) is 1.99. The minimum atomic E-state index is -0.505. The first-order valence-corrected chi connectivity index (χ1v) is 6.68. The van der Waals surface area contributed by atoms with E-state index < -0.39 is 11.6 Å². The van der Waals surface area contributed by atoms with Gasteiger partial charge in [-0.05, 0) is 49.8 Å². The Morgan fingerprint density at radius 1 is 1.00 bits per heavy atom. The Morgan fingerprint density at radius 3 is 2.33 bits per heavy atom. The topological polar surface area (TPSA) is 3.24 Å². The molecule has 0 aromatic heterocycles. The van der Waals surface area contributed by atoms with Gasteiger partial charge in [0.25, 0.3) is 0 Å². The average molecular weight is 249 g/mol. The lowest BCUT2D eigenvalue weighted by atomic mass is 10.0. The third-order valence-electron chi connectivity index (χ3n) is 3.69. The molecule has 96 valence electrons. The summed E-state index contributed by atoms with van der Waals surface area (Å²) in [5, 5.41) is 0. The van der Waals surface area contributed by atoms with E-state index in [0.717, 1.165) is 37.7 Å². The van der Waals surface area contributed by atoms with E-state index in [-0.39, 0.29) is 0 Å². The second-order valence-electron chi connectivity index (χ2n) is 5.12. The first-order chi connectivity index (χ1) is 8.75. The predicted molar refractivity (Wildman–Crippen MR) is 67.9 cm³/mol. The van der Waals surface area contributed by atoms with Crippen molar-refractivity contribution in [3.63, 3.8) is 0 Å². The quantitative estimate of drug-likeness (QED) is 0.767. The molecule has 1 saturated heterocycles. The number of halogens is 2. The molecule has 3 heteroatoms. The summed E-state index contributed by atoms with van der Waals surface area (Å²) >= 11 is 0. The van der Waals surface area contributed by atoms with Gasteiger partial charge in [0, 0.05) is 30.4 Å². The van der Waals surface area contributed by atoms with Crippen LogP contribution in [-0.2, 0) is 0 Å². The van der Waals surface area contributed by atoms with E-state index in [4.69, 9.17) is 0 Å². The predicted octanol–water partition coefficient (Wildman–Crippen LogP) is 3.96. The maximum atomic E-state index is 13.9. The second kappa shape index (κ2) is 4.71. The van der Waals surface area contributed by atoms with E-state index in [1.165, 1.54) is 30.9 Å². The van der Waals surface area contributed by atoms with Crippen molar-refractivity contribution >= 4 is 5.70 Å². The summed E-state index contributed by atoms with van der Waals surface area (Å²) in [6, 6.07) is 3.92. The third kappa shape index (κ3) is 2.26. The van der Waals surface area contributed by atoms with Crippen LogP contribution in [0.1, 0.15) is 37.7 Å². The van der Waals surface area contributed by atoms with Crippen molar-refractivity contribution in [3.05, 3.63) is 41.0 Å². The minimum absolute atomic E-state index is 0.435. The zero-order valence-corrected chi connectivity index (χ0v) is 10.4. The number of hydrogen-bond donors (Lipinski definition) is 0. The van der Waals surface area contributed by atoms with Gasteiger partial charge >= 0.3 is 0 Å². The molecule has 2 aliphatic rings. The maximum absolute atomic E-state index is 13.9. The van der Waals surface area contributed by atoms with Gasteiger partial charge in [-0.25, -0.2) is 8.78 Å². The molecule has 0 radical (unpaired) electrons. The summed E-state index contributed by atoms with van der Waals surface area (Å²) in [6.07, 6.45) is 5.70. The Kier molecular flexibility index (Phi) is 3.06. The molecule has 1 saturated carbocycles. The van der Waals surface area contributed by atoms with Gasteiger partial charge in [-0.15, -0.1) is 0 Å². The zero-order valence-electron chi connectivity index (χ0n) is 10.4. The molecule has 0 amide bonds. The minimum Gasteiger partial charge on any atom is -0.371 e. The normalized spacial score (nSPS) is 19.0. The van der Waals surface area contributed by atoms with E-state index in [2.05, 4.69) is 4.90 Å². The Morgan fingerprint density at radius 2 is 1.72 bits per heavy atom. The molecular weight excluding hydrogens is 232 g/mol. The van der Waals surface area contributed by atoms with Crippen LogP contribution in [0.5, 0.6) is 0 Å². The summed E-state index contributed by atoms with van der Waals surface area (Å²) in [4.78, 5) is 2.28. The summed E-state index contributed by atoms with van der Waals surface area (Å²) < 4.78 is 26.9. The molecule has 2 fully saturated rings. The largest absolute Gasteiger partial charge is 0.371 e. The lowest BCUT2D eigenvalue weighted by Crippen LogP contribution is -2.28. The molecule has 1 aliphatic heterocycles. The third-order valence-corrected chi connectivity index (χ3v) is 3.69. The first-order valence-electron chi connectivity index (χ1n) is 6.68. The van der Waals surface area contributed by atoms with Crippen molar-refractivity contribution in [2.24, 2.45) is 0 Å². The summed E-state index contributed by atoms with van der Waals surface area (Å²) in [5.74, 6) is -0.940. The highest BCUT2D eigenvalue weighted by atomic mass is 19.1. The van der Waals surface area contributed by atoms with Crippen molar-refractivity contribution in [3.8, 4) is 0 Å². The van der Waals surface area contributed by atoms with Gasteiger partial charge in [0.2, 0.25) is 0 Å². The number of benzene rings is 1.